The van der Waals surface area contributed by atoms with Crippen LogP contribution in [-0.2, 0) is 9.59 Å². The van der Waals surface area contributed by atoms with E-state index in [0.29, 0.717) is 6.42 Å². The molecule has 0 radical (unpaired) electrons. The van der Waals surface area contributed by atoms with E-state index in [9.17, 15) is 9.59 Å². The third kappa shape index (κ3) is 7.93. The van der Waals surface area contributed by atoms with Crippen LogP contribution in [0.25, 0.3) is 0 Å². The molecule has 1 amide bonds. The molecule has 0 saturated heterocycles. The van der Waals surface area contributed by atoms with E-state index in [0.717, 1.165) is 13.0 Å². The minimum Gasteiger partial charge on any atom is -0.349 e. The molecule has 0 aromatic heterocycles. The van der Waals surface area contributed by atoms with Gasteiger partial charge in [-0.05, 0) is 13.3 Å². The minimum atomic E-state index is -0.0585. The highest BCUT2D eigenvalue weighted by atomic mass is 127. The lowest BCUT2D eigenvalue weighted by atomic mass is 10.3. The van der Waals surface area contributed by atoms with Gasteiger partial charge in [0, 0.05) is 35.8 Å². The number of nitrogens with one attached hydrogen (secondary N) is 2. The van der Waals surface area contributed by atoms with Crippen LogP contribution in [-0.4, -0.2) is 24.8 Å². The van der Waals surface area contributed by atoms with Crippen LogP contribution in [0.5, 0.6) is 0 Å². The van der Waals surface area contributed by atoms with Crippen molar-refractivity contribution in [1.82, 2.24) is 8.85 Å². The standard InChI is InChI=1S/C7H13IN2O2/c1-6(11)5-9-7(12)3-2-4-10-8/h10H,2-5H2,1H3,(H,9,12). The quantitative estimate of drug-likeness (QED) is 0.422. The maximum Gasteiger partial charge on any atom is 0.220 e. The van der Waals surface area contributed by atoms with Crippen molar-refractivity contribution in [2.24, 2.45) is 0 Å². The lowest BCUT2D eigenvalue weighted by molar-refractivity contribution is -0.124. The van der Waals surface area contributed by atoms with Gasteiger partial charge in [0.15, 0.2) is 0 Å². The van der Waals surface area contributed by atoms with Crippen molar-refractivity contribution < 1.29 is 9.59 Å². The summed E-state index contributed by atoms with van der Waals surface area (Å²) >= 11 is 2.03. The number of halogens is 1. The fraction of sp³-hybridized carbons (Fsp3) is 0.714. The molecule has 0 aromatic carbocycles. The third-order valence-corrected chi connectivity index (χ3v) is 1.75. The van der Waals surface area contributed by atoms with Gasteiger partial charge in [-0.1, -0.05) is 0 Å². The molecule has 5 heteroatoms. The maximum absolute atomic E-state index is 10.9. The summed E-state index contributed by atoms with van der Waals surface area (Å²) in [5.41, 5.74) is 0. The van der Waals surface area contributed by atoms with Gasteiger partial charge in [-0.3, -0.25) is 13.1 Å². The fourth-order valence-electron chi connectivity index (χ4n) is 0.627. The average molecular weight is 284 g/mol. The molecule has 0 aliphatic carbocycles. The smallest absolute Gasteiger partial charge is 0.220 e. The molecule has 12 heavy (non-hydrogen) atoms. The molecule has 0 aliphatic heterocycles. The van der Waals surface area contributed by atoms with Crippen LogP contribution < -0.4 is 8.85 Å². The van der Waals surface area contributed by atoms with Gasteiger partial charge in [0.25, 0.3) is 0 Å². The number of rotatable bonds is 6. The van der Waals surface area contributed by atoms with Crippen LogP contribution >= 0.6 is 22.9 Å². The van der Waals surface area contributed by atoms with Gasteiger partial charge in [-0.2, -0.15) is 0 Å². The number of hydrogen-bond donors (Lipinski definition) is 2. The highest BCUT2D eigenvalue weighted by molar-refractivity contribution is 14.1. The number of hydrogen-bond acceptors (Lipinski definition) is 3. The average Bonchev–Trinajstić information content (AvgIpc) is 2.01. The molecule has 0 aliphatic rings. The monoisotopic (exact) mass is 284 g/mol. The van der Waals surface area contributed by atoms with E-state index in [-0.39, 0.29) is 18.2 Å². The Morgan fingerprint density at radius 3 is 2.58 bits per heavy atom. The molecule has 0 fully saturated rings. The Balaban J connectivity index is 3.28. The van der Waals surface area contributed by atoms with Crippen molar-refractivity contribution in [3.63, 3.8) is 0 Å². The van der Waals surface area contributed by atoms with E-state index in [2.05, 4.69) is 8.85 Å². The van der Waals surface area contributed by atoms with Crippen molar-refractivity contribution in [2.45, 2.75) is 19.8 Å². The van der Waals surface area contributed by atoms with Crippen molar-refractivity contribution in [2.75, 3.05) is 13.1 Å². The van der Waals surface area contributed by atoms with Crippen LogP contribution in [0.2, 0.25) is 0 Å². The second-order valence-corrected chi connectivity index (χ2v) is 3.23. The summed E-state index contributed by atoms with van der Waals surface area (Å²) in [6.07, 6.45) is 1.27. The molecule has 0 rings (SSSR count). The molecule has 0 bridgehead atoms. The fourth-order valence-corrected chi connectivity index (χ4v) is 1.01. The molecular formula is C7H13IN2O2. The first-order valence-corrected chi connectivity index (χ1v) is 4.84. The van der Waals surface area contributed by atoms with Crippen molar-refractivity contribution in [3.8, 4) is 0 Å². The minimum absolute atomic E-state index is 0.0182. The Morgan fingerprint density at radius 1 is 1.42 bits per heavy atom. The molecule has 4 nitrogen and oxygen atoms in total. The van der Waals surface area contributed by atoms with Crippen molar-refractivity contribution in [3.05, 3.63) is 0 Å². The first kappa shape index (κ1) is 11.8. The highest BCUT2D eigenvalue weighted by Gasteiger charge is 2.00. The number of amides is 1. The largest absolute Gasteiger partial charge is 0.349 e. The maximum atomic E-state index is 10.9. The Bertz CT molecular complexity index is 161. The molecular weight excluding hydrogens is 271 g/mol. The summed E-state index contributed by atoms with van der Waals surface area (Å²) in [6, 6.07) is 0. The number of carbonyl (C=O) groups is 2. The molecule has 2 N–H and O–H groups in total. The lowest BCUT2D eigenvalue weighted by Crippen LogP contribution is -2.28. The first-order valence-electron chi connectivity index (χ1n) is 3.76. The van der Waals surface area contributed by atoms with E-state index in [4.69, 9.17) is 0 Å². The summed E-state index contributed by atoms with van der Waals surface area (Å²) in [5, 5.41) is 2.52. The molecule has 0 spiro atoms. The van der Waals surface area contributed by atoms with Crippen molar-refractivity contribution >= 4 is 34.6 Å². The van der Waals surface area contributed by atoms with Gasteiger partial charge in [0.1, 0.15) is 5.78 Å². The van der Waals surface area contributed by atoms with Crippen LogP contribution in [0.1, 0.15) is 19.8 Å². The number of Topliss-reactive ketones (excluding diaryl/α,β-unsaturated/α-hetero) is 1. The third-order valence-electron chi connectivity index (χ3n) is 1.21. The second-order valence-electron chi connectivity index (χ2n) is 2.47. The van der Waals surface area contributed by atoms with Gasteiger partial charge in [-0.25, -0.2) is 0 Å². The van der Waals surface area contributed by atoms with Crippen LogP contribution in [0.4, 0.5) is 0 Å². The topological polar surface area (TPSA) is 58.2 Å². The summed E-state index contributed by atoms with van der Waals surface area (Å²) in [4.78, 5) is 21.4. The number of carbonyl (C=O) groups excluding carboxylic acids is 2. The summed E-state index contributed by atoms with van der Waals surface area (Å²) in [7, 11) is 0. The summed E-state index contributed by atoms with van der Waals surface area (Å²) in [6.45, 7) is 2.41. The van der Waals surface area contributed by atoms with Gasteiger partial charge in [0.05, 0.1) is 6.54 Å². The SMILES string of the molecule is CC(=O)CNC(=O)CCCNI. The van der Waals surface area contributed by atoms with Crippen molar-refractivity contribution in [1.29, 1.82) is 0 Å². The molecule has 0 aromatic rings. The zero-order valence-corrected chi connectivity index (χ0v) is 9.18. The van der Waals surface area contributed by atoms with Crippen LogP contribution in [0, 0.1) is 0 Å². The van der Waals surface area contributed by atoms with Crippen LogP contribution in [0.3, 0.4) is 0 Å². The Kier molecular flexibility index (Phi) is 7.37. The Hall–Kier alpha value is -0.170. The van der Waals surface area contributed by atoms with E-state index < -0.39 is 0 Å². The predicted octanol–water partition coefficient (Wildman–Crippen LogP) is 0.411. The van der Waals surface area contributed by atoms with Gasteiger partial charge in [0.2, 0.25) is 5.91 Å². The van der Waals surface area contributed by atoms with E-state index >= 15 is 0 Å². The van der Waals surface area contributed by atoms with E-state index in [1.807, 2.05) is 22.9 Å². The lowest BCUT2D eigenvalue weighted by Gasteiger charge is -2.01. The molecule has 0 atom stereocenters. The highest BCUT2D eigenvalue weighted by Crippen LogP contribution is 1.87. The molecule has 0 saturated carbocycles. The van der Waals surface area contributed by atoms with Gasteiger partial charge in [-0.15, -0.1) is 0 Å². The predicted molar refractivity (Wildman–Crippen MR) is 54.9 cm³/mol. The molecule has 70 valence electrons. The first-order chi connectivity index (χ1) is 5.66. The number of ketones is 1. The summed E-state index contributed by atoms with van der Waals surface area (Å²) < 4.78 is 2.91. The molecule has 0 heterocycles. The summed E-state index contributed by atoms with van der Waals surface area (Å²) in [5.74, 6) is -0.0767. The van der Waals surface area contributed by atoms with Crippen LogP contribution in [0.15, 0.2) is 0 Å². The Labute approximate surface area is 86.0 Å². The normalized spacial score (nSPS) is 9.50. The van der Waals surface area contributed by atoms with E-state index in [1.165, 1.54) is 6.92 Å². The molecule has 0 unspecified atom stereocenters. The second kappa shape index (κ2) is 7.48. The Morgan fingerprint density at radius 2 is 2.08 bits per heavy atom. The zero-order valence-electron chi connectivity index (χ0n) is 7.02. The van der Waals surface area contributed by atoms with E-state index in [1.54, 1.807) is 0 Å². The van der Waals surface area contributed by atoms with Gasteiger partial charge < -0.3 is 5.32 Å². The van der Waals surface area contributed by atoms with Gasteiger partial charge >= 0.3 is 0 Å². The zero-order chi connectivity index (χ0) is 9.40.